The molecule has 2 aromatic rings. The molecule has 1 aliphatic heterocycles. The molecule has 1 aromatic heterocycles. The predicted molar refractivity (Wildman–Crippen MR) is 111 cm³/mol. The Morgan fingerprint density at radius 3 is 2.79 bits per heavy atom. The number of aromatic nitrogens is 1. The van der Waals surface area contributed by atoms with Gasteiger partial charge in [0.1, 0.15) is 11.3 Å². The maximum Gasteiger partial charge on any atom is 0.261 e. The number of pyridine rings is 1. The first-order valence-corrected chi connectivity index (χ1v) is 9.54. The molecule has 2 aliphatic rings. The maximum absolute atomic E-state index is 13.3. The zero-order valence-electron chi connectivity index (χ0n) is 16.2. The summed E-state index contributed by atoms with van der Waals surface area (Å²) in [7, 11) is 1.60. The molecule has 7 nitrogen and oxygen atoms in total. The number of nitrogens with zero attached hydrogens (tertiary/aromatic N) is 1. The normalized spacial score (nSPS) is 18.6. The van der Waals surface area contributed by atoms with Gasteiger partial charge in [-0.1, -0.05) is 18.2 Å². The van der Waals surface area contributed by atoms with Gasteiger partial charge in [0.25, 0.3) is 11.5 Å². The molecule has 1 amide bonds. The van der Waals surface area contributed by atoms with Crippen molar-refractivity contribution in [3.8, 4) is 5.75 Å². The second-order valence-electron chi connectivity index (χ2n) is 7.14. The average Bonchev–Trinajstić information content (AvgIpc) is 2.73. The number of rotatable bonds is 3. The lowest BCUT2D eigenvalue weighted by Crippen LogP contribution is -2.49. The smallest absolute Gasteiger partial charge is 0.261 e. The predicted octanol–water partition coefficient (Wildman–Crippen LogP) is 2.11. The fraction of sp³-hybridized carbons (Fsp3) is 0.381. The van der Waals surface area contributed by atoms with Gasteiger partial charge in [-0.3, -0.25) is 14.4 Å². The third-order valence-electron chi connectivity index (χ3n) is 5.49. The first-order valence-electron chi connectivity index (χ1n) is 9.54. The molecule has 1 unspecified atom stereocenters. The molecule has 1 fully saturated rings. The van der Waals surface area contributed by atoms with Crippen LogP contribution in [0.4, 0.5) is 0 Å². The molecular formula is C21H24ClN3O4. The van der Waals surface area contributed by atoms with E-state index in [9.17, 15) is 14.4 Å². The summed E-state index contributed by atoms with van der Waals surface area (Å²) < 4.78 is 5.47. The van der Waals surface area contributed by atoms with Crippen LogP contribution >= 0.6 is 12.4 Å². The number of carbonyl (C=O) groups excluding carboxylic acids is 2. The van der Waals surface area contributed by atoms with E-state index in [-0.39, 0.29) is 35.7 Å². The molecule has 2 N–H and O–H groups in total. The zero-order valence-corrected chi connectivity index (χ0v) is 17.0. The third kappa shape index (κ3) is 3.93. The van der Waals surface area contributed by atoms with E-state index in [0.717, 1.165) is 12.0 Å². The van der Waals surface area contributed by atoms with E-state index in [1.54, 1.807) is 12.0 Å². The molecule has 0 radical (unpaired) electrons. The summed E-state index contributed by atoms with van der Waals surface area (Å²) in [6, 6.07) is 8.79. The van der Waals surface area contributed by atoms with Gasteiger partial charge in [0.15, 0.2) is 5.78 Å². The minimum atomic E-state index is -0.434. The number of ketones is 1. The molecule has 4 rings (SSSR count). The number of hydrogen-bond acceptors (Lipinski definition) is 5. The standard InChI is InChI=1S/C21H23N3O4.ClH/c1-28-19-8-3-2-5-13(19)17-12-22-9-10-24(17)21(27)15-11-14-16(23-20(15)26)6-4-7-18(14)25;/h2-3,5,8,11,17,22H,4,6-7,9-10,12H2,1H3,(H,23,26);1H. The van der Waals surface area contributed by atoms with Crippen molar-refractivity contribution < 1.29 is 14.3 Å². The number of Topliss-reactive ketones (excluding diaryl/α,β-unsaturated/α-hetero) is 1. The first kappa shape index (κ1) is 21.1. The van der Waals surface area contributed by atoms with Crippen LogP contribution in [0.25, 0.3) is 0 Å². The third-order valence-corrected chi connectivity index (χ3v) is 5.49. The Bertz CT molecular complexity index is 988. The number of amides is 1. The van der Waals surface area contributed by atoms with E-state index in [2.05, 4.69) is 10.3 Å². The quantitative estimate of drug-likeness (QED) is 0.798. The second kappa shape index (κ2) is 8.80. The van der Waals surface area contributed by atoms with Crippen molar-refractivity contribution in [2.75, 3.05) is 26.7 Å². The number of halogens is 1. The Hall–Kier alpha value is -2.64. The van der Waals surface area contributed by atoms with Gasteiger partial charge in [-0.25, -0.2) is 0 Å². The Morgan fingerprint density at radius 1 is 1.21 bits per heavy atom. The summed E-state index contributed by atoms with van der Waals surface area (Å²) in [5.41, 5.74) is 1.58. The topological polar surface area (TPSA) is 91.5 Å². The highest BCUT2D eigenvalue weighted by Crippen LogP contribution is 2.31. The molecule has 1 atom stereocenters. The minimum absolute atomic E-state index is 0. The Morgan fingerprint density at radius 2 is 2.00 bits per heavy atom. The summed E-state index contributed by atoms with van der Waals surface area (Å²) in [6.45, 7) is 1.67. The van der Waals surface area contributed by atoms with E-state index < -0.39 is 5.56 Å². The highest BCUT2D eigenvalue weighted by Gasteiger charge is 2.32. The molecule has 29 heavy (non-hydrogen) atoms. The summed E-state index contributed by atoms with van der Waals surface area (Å²) in [4.78, 5) is 42.6. The number of hydrogen-bond donors (Lipinski definition) is 2. The SMILES string of the molecule is COc1ccccc1C1CNCCN1C(=O)c1cc2c([nH]c1=O)CCCC2=O.Cl. The van der Waals surface area contributed by atoms with Crippen molar-refractivity contribution in [3.05, 3.63) is 63.1 Å². The van der Waals surface area contributed by atoms with Gasteiger partial charge >= 0.3 is 0 Å². The maximum atomic E-state index is 13.3. The number of aromatic amines is 1. The summed E-state index contributed by atoms with van der Waals surface area (Å²) in [6.07, 6.45) is 1.83. The van der Waals surface area contributed by atoms with Crippen molar-refractivity contribution in [3.63, 3.8) is 0 Å². The van der Waals surface area contributed by atoms with E-state index in [1.165, 1.54) is 6.07 Å². The Kier molecular flexibility index (Phi) is 6.39. The highest BCUT2D eigenvalue weighted by molar-refractivity contribution is 6.01. The van der Waals surface area contributed by atoms with Crippen molar-refractivity contribution in [2.24, 2.45) is 0 Å². The highest BCUT2D eigenvalue weighted by atomic mass is 35.5. The fourth-order valence-corrected chi connectivity index (χ4v) is 4.06. The van der Waals surface area contributed by atoms with Crippen molar-refractivity contribution in [1.29, 1.82) is 0 Å². The lowest BCUT2D eigenvalue weighted by molar-refractivity contribution is 0.0629. The van der Waals surface area contributed by atoms with E-state index in [0.29, 0.717) is 49.5 Å². The number of methoxy groups -OCH3 is 1. The molecular weight excluding hydrogens is 394 g/mol. The van der Waals surface area contributed by atoms with Gasteiger partial charge < -0.3 is 19.9 Å². The van der Waals surface area contributed by atoms with Crippen LogP contribution in [0.3, 0.4) is 0 Å². The summed E-state index contributed by atoms with van der Waals surface area (Å²) in [5.74, 6) is 0.316. The first-order chi connectivity index (χ1) is 13.6. The number of H-pyrrole nitrogens is 1. The second-order valence-corrected chi connectivity index (χ2v) is 7.14. The van der Waals surface area contributed by atoms with Crippen molar-refractivity contribution in [2.45, 2.75) is 25.3 Å². The lowest BCUT2D eigenvalue weighted by atomic mass is 9.93. The molecule has 154 valence electrons. The van der Waals surface area contributed by atoms with Crippen LogP contribution < -0.4 is 15.6 Å². The van der Waals surface area contributed by atoms with Crippen molar-refractivity contribution in [1.82, 2.24) is 15.2 Å². The van der Waals surface area contributed by atoms with Crippen LogP contribution in [-0.4, -0.2) is 48.3 Å². The minimum Gasteiger partial charge on any atom is -0.496 e. The van der Waals surface area contributed by atoms with Crippen LogP contribution in [0.2, 0.25) is 0 Å². The van der Waals surface area contributed by atoms with Gasteiger partial charge in [0.05, 0.1) is 13.2 Å². The van der Waals surface area contributed by atoms with Gasteiger partial charge in [0, 0.05) is 42.9 Å². The average molecular weight is 418 g/mol. The largest absolute Gasteiger partial charge is 0.496 e. The van der Waals surface area contributed by atoms with Crippen LogP contribution in [0.1, 0.15) is 50.9 Å². The monoisotopic (exact) mass is 417 g/mol. The van der Waals surface area contributed by atoms with E-state index >= 15 is 0 Å². The fourth-order valence-electron chi connectivity index (χ4n) is 4.06. The van der Waals surface area contributed by atoms with Crippen LogP contribution in [-0.2, 0) is 6.42 Å². The van der Waals surface area contributed by atoms with Crippen LogP contribution in [0.15, 0.2) is 35.1 Å². The van der Waals surface area contributed by atoms with Gasteiger partial charge in [-0.2, -0.15) is 0 Å². The molecule has 2 heterocycles. The summed E-state index contributed by atoms with van der Waals surface area (Å²) >= 11 is 0. The molecule has 0 bridgehead atoms. The van der Waals surface area contributed by atoms with E-state index in [1.807, 2.05) is 24.3 Å². The molecule has 1 aliphatic carbocycles. The molecule has 8 heteroatoms. The molecule has 0 spiro atoms. The Balaban J connectivity index is 0.00000240. The number of carbonyl (C=O) groups is 2. The summed E-state index contributed by atoms with van der Waals surface area (Å²) in [5, 5.41) is 3.30. The number of aryl methyl sites for hydroxylation is 1. The van der Waals surface area contributed by atoms with Gasteiger partial charge in [0.2, 0.25) is 0 Å². The Labute approximate surface area is 174 Å². The number of nitrogens with one attached hydrogen (secondary N) is 2. The molecule has 0 saturated carbocycles. The van der Waals surface area contributed by atoms with Crippen LogP contribution in [0.5, 0.6) is 5.75 Å². The molecule has 1 saturated heterocycles. The lowest BCUT2D eigenvalue weighted by Gasteiger charge is -2.37. The van der Waals surface area contributed by atoms with Gasteiger partial charge in [-0.05, 0) is 25.0 Å². The zero-order chi connectivity index (χ0) is 19.7. The van der Waals surface area contributed by atoms with Gasteiger partial charge in [-0.15, -0.1) is 12.4 Å². The van der Waals surface area contributed by atoms with Crippen LogP contribution in [0, 0.1) is 0 Å². The number of benzene rings is 1. The number of piperazine rings is 1. The number of ether oxygens (including phenoxy) is 1. The number of para-hydroxylation sites is 1. The molecule has 1 aromatic carbocycles. The van der Waals surface area contributed by atoms with Crippen molar-refractivity contribution >= 4 is 24.1 Å². The van der Waals surface area contributed by atoms with E-state index in [4.69, 9.17) is 4.74 Å². The number of fused-ring (bicyclic) bond motifs is 1.